The van der Waals surface area contributed by atoms with Gasteiger partial charge in [0, 0.05) is 23.0 Å². The molecule has 3 aromatic rings. The number of nitrogens with two attached hydrogens (primary N) is 1. The summed E-state index contributed by atoms with van der Waals surface area (Å²) in [5, 5.41) is 4.11. The van der Waals surface area contributed by atoms with Crippen molar-refractivity contribution in [2.75, 3.05) is 17.7 Å². The van der Waals surface area contributed by atoms with Crippen LogP contribution < -0.4 is 11.1 Å². The fourth-order valence-electron chi connectivity index (χ4n) is 2.18. The third-order valence-electron chi connectivity index (χ3n) is 3.22. The second kappa shape index (κ2) is 5.77. The average Bonchev–Trinajstić information content (AvgIpc) is 2.95. The lowest BCUT2D eigenvalue weighted by Crippen LogP contribution is -2.04. The molecule has 0 radical (unpaired) electrons. The predicted octanol–water partition coefficient (Wildman–Crippen LogP) is 3.07. The molecule has 2 aromatic heterocycles. The topological polar surface area (TPSA) is 93.0 Å². The van der Waals surface area contributed by atoms with Gasteiger partial charge in [0.15, 0.2) is 0 Å². The monoisotopic (exact) mass is 296 g/mol. The minimum absolute atomic E-state index is 0.332. The molecule has 0 spiro atoms. The van der Waals surface area contributed by atoms with Crippen LogP contribution in [0, 0.1) is 0 Å². The summed E-state index contributed by atoms with van der Waals surface area (Å²) in [6, 6.07) is 11.0. The second-order valence-corrected chi connectivity index (χ2v) is 4.77. The summed E-state index contributed by atoms with van der Waals surface area (Å²) in [5.74, 6) is -0.390. The van der Waals surface area contributed by atoms with Gasteiger partial charge in [0.2, 0.25) is 0 Å². The Morgan fingerprint density at radius 1 is 1.32 bits per heavy atom. The molecule has 0 unspecified atom stereocenters. The molecular weight excluding hydrogens is 280 g/mol. The van der Waals surface area contributed by atoms with Crippen molar-refractivity contribution in [2.24, 2.45) is 0 Å². The SMILES string of the molecule is CCOC(=O)c1cc2c(Nc3ccc(N)cc3)ccnc2[nH]1. The zero-order valence-corrected chi connectivity index (χ0v) is 12.1. The lowest BCUT2D eigenvalue weighted by atomic mass is 10.2. The summed E-state index contributed by atoms with van der Waals surface area (Å²) in [6.45, 7) is 2.10. The van der Waals surface area contributed by atoms with Crippen molar-refractivity contribution in [3.8, 4) is 0 Å². The van der Waals surface area contributed by atoms with Gasteiger partial charge in [-0.15, -0.1) is 0 Å². The van der Waals surface area contributed by atoms with E-state index >= 15 is 0 Å². The Hall–Kier alpha value is -3.02. The van der Waals surface area contributed by atoms with E-state index in [4.69, 9.17) is 10.5 Å². The number of nitrogens with one attached hydrogen (secondary N) is 2. The molecule has 4 N–H and O–H groups in total. The van der Waals surface area contributed by atoms with E-state index in [1.165, 1.54) is 0 Å². The van der Waals surface area contributed by atoms with Crippen LogP contribution >= 0.6 is 0 Å². The molecular formula is C16H16N4O2. The first-order valence-electron chi connectivity index (χ1n) is 6.95. The van der Waals surface area contributed by atoms with E-state index in [0.717, 1.165) is 16.8 Å². The number of H-pyrrole nitrogens is 1. The molecule has 2 heterocycles. The van der Waals surface area contributed by atoms with E-state index in [-0.39, 0.29) is 5.97 Å². The normalized spacial score (nSPS) is 10.6. The van der Waals surface area contributed by atoms with Crippen molar-refractivity contribution >= 4 is 34.1 Å². The molecule has 1 aromatic carbocycles. The molecule has 0 aliphatic heterocycles. The molecule has 0 saturated carbocycles. The highest BCUT2D eigenvalue weighted by Gasteiger charge is 2.13. The highest BCUT2D eigenvalue weighted by atomic mass is 16.5. The van der Waals surface area contributed by atoms with Gasteiger partial charge in [-0.1, -0.05) is 0 Å². The summed E-state index contributed by atoms with van der Waals surface area (Å²) in [4.78, 5) is 19.0. The first kappa shape index (κ1) is 13.9. The summed E-state index contributed by atoms with van der Waals surface area (Å²) >= 11 is 0. The Labute approximate surface area is 127 Å². The number of fused-ring (bicyclic) bond motifs is 1. The minimum Gasteiger partial charge on any atom is -0.461 e. The van der Waals surface area contributed by atoms with E-state index in [1.807, 2.05) is 30.3 Å². The maximum Gasteiger partial charge on any atom is 0.354 e. The number of hydrogen-bond donors (Lipinski definition) is 3. The number of esters is 1. The zero-order valence-electron chi connectivity index (χ0n) is 12.1. The van der Waals surface area contributed by atoms with E-state index in [9.17, 15) is 4.79 Å². The number of anilines is 3. The number of pyridine rings is 1. The third kappa shape index (κ3) is 2.71. The third-order valence-corrected chi connectivity index (χ3v) is 3.22. The molecule has 0 atom stereocenters. The standard InChI is InChI=1S/C16H16N4O2/c1-2-22-16(21)14-9-12-13(7-8-18-15(12)20-14)19-11-5-3-10(17)4-6-11/h3-9H,2,17H2,1H3,(H2,18,19,20). The van der Waals surface area contributed by atoms with Gasteiger partial charge in [-0.25, -0.2) is 9.78 Å². The Bertz CT molecular complexity index is 809. The fraction of sp³-hybridized carbons (Fsp3) is 0.125. The zero-order chi connectivity index (χ0) is 15.5. The van der Waals surface area contributed by atoms with Gasteiger partial charge in [-0.05, 0) is 43.3 Å². The average molecular weight is 296 g/mol. The number of carbonyl (C=O) groups excluding carboxylic acids is 1. The Morgan fingerprint density at radius 2 is 2.09 bits per heavy atom. The Kier molecular flexibility index (Phi) is 3.65. The highest BCUT2D eigenvalue weighted by Crippen LogP contribution is 2.26. The van der Waals surface area contributed by atoms with Crippen LogP contribution in [0.3, 0.4) is 0 Å². The molecule has 112 valence electrons. The number of aromatic amines is 1. The van der Waals surface area contributed by atoms with Crippen molar-refractivity contribution in [3.05, 3.63) is 48.3 Å². The van der Waals surface area contributed by atoms with E-state index < -0.39 is 0 Å². The maximum atomic E-state index is 11.8. The van der Waals surface area contributed by atoms with Crippen LogP contribution in [0.15, 0.2) is 42.6 Å². The largest absolute Gasteiger partial charge is 0.461 e. The summed E-state index contributed by atoms with van der Waals surface area (Å²) in [6.07, 6.45) is 1.67. The van der Waals surface area contributed by atoms with Gasteiger partial charge >= 0.3 is 5.97 Å². The fourth-order valence-corrected chi connectivity index (χ4v) is 2.18. The van der Waals surface area contributed by atoms with E-state index in [0.29, 0.717) is 23.6 Å². The number of rotatable bonds is 4. The first-order chi connectivity index (χ1) is 10.7. The van der Waals surface area contributed by atoms with E-state index in [2.05, 4.69) is 15.3 Å². The van der Waals surface area contributed by atoms with Gasteiger partial charge in [0.05, 0.1) is 12.3 Å². The summed E-state index contributed by atoms with van der Waals surface area (Å²) in [7, 11) is 0. The van der Waals surface area contributed by atoms with Crippen LogP contribution in [0.25, 0.3) is 11.0 Å². The van der Waals surface area contributed by atoms with Gasteiger partial charge in [0.1, 0.15) is 11.3 Å². The quantitative estimate of drug-likeness (QED) is 0.508. The number of benzene rings is 1. The van der Waals surface area contributed by atoms with Gasteiger partial charge in [-0.2, -0.15) is 0 Å². The van der Waals surface area contributed by atoms with Crippen molar-refractivity contribution in [2.45, 2.75) is 6.92 Å². The lowest BCUT2D eigenvalue weighted by molar-refractivity contribution is 0.0520. The van der Waals surface area contributed by atoms with Crippen LogP contribution in [0.4, 0.5) is 17.1 Å². The minimum atomic E-state index is -0.390. The van der Waals surface area contributed by atoms with Crippen molar-refractivity contribution in [3.63, 3.8) is 0 Å². The van der Waals surface area contributed by atoms with Crippen molar-refractivity contribution in [1.29, 1.82) is 0 Å². The predicted molar refractivity (Wildman–Crippen MR) is 86.2 cm³/mol. The number of hydrogen-bond acceptors (Lipinski definition) is 5. The van der Waals surface area contributed by atoms with Crippen molar-refractivity contribution < 1.29 is 9.53 Å². The molecule has 0 amide bonds. The van der Waals surface area contributed by atoms with Crippen LogP contribution in [0.5, 0.6) is 0 Å². The maximum absolute atomic E-state index is 11.8. The van der Waals surface area contributed by atoms with Crippen LogP contribution in [0.1, 0.15) is 17.4 Å². The molecule has 0 aliphatic rings. The second-order valence-electron chi connectivity index (χ2n) is 4.77. The van der Waals surface area contributed by atoms with Crippen LogP contribution in [0.2, 0.25) is 0 Å². The van der Waals surface area contributed by atoms with Crippen LogP contribution in [-0.2, 0) is 4.74 Å². The first-order valence-corrected chi connectivity index (χ1v) is 6.95. The number of carbonyl (C=O) groups is 1. The number of nitrogens with zero attached hydrogens (tertiary/aromatic N) is 1. The molecule has 0 fully saturated rings. The molecule has 0 aliphatic carbocycles. The molecule has 0 saturated heterocycles. The lowest BCUT2D eigenvalue weighted by Gasteiger charge is -2.07. The van der Waals surface area contributed by atoms with Crippen LogP contribution in [-0.4, -0.2) is 22.5 Å². The molecule has 22 heavy (non-hydrogen) atoms. The van der Waals surface area contributed by atoms with Gasteiger partial charge in [-0.3, -0.25) is 0 Å². The molecule has 6 heteroatoms. The van der Waals surface area contributed by atoms with Gasteiger partial charge < -0.3 is 20.8 Å². The Balaban J connectivity index is 1.95. The molecule has 3 rings (SSSR count). The number of nitrogen functional groups attached to an aromatic ring is 1. The molecule has 6 nitrogen and oxygen atoms in total. The summed E-state index contributed by atoms with van der Waals surface area (Å²) < 4.78 is 5.00. The summed E-state index contributed by atoms with van der Waals surface area (Å²) in [5.41, 5.74) is 9.15. The van der Waals surface area contributed by atoms with E-state index in [1.54, 1.807) is 19.2 Å². The number of ether oxygens (including phenoxy) is 1. The smallest absolute Gasteiger partial charge is 0.354 e. The number of aromatic nitrogens is 2. The van der Waals surface area contributed by atoms with Crippen molar-refractivity contribution in [1.82, 2.24) is 9.97 Å². The van der Waals surface area contributed by atoms with Gasteiger partial charge in [0.25, 0.3) is 0 Å². The molecule has 0 bridgehead atoms. The Morgan fingerprint density at radius 3 is 2.82 bits per heavy atom. The highest BCUT2D eigenvalue weighted by molar-refractivity contribution is 5.99.